The zero-order chi connectivity index (χ0) is 14.9. The van der Waals surface area contributed by atoms with Gasteiger partial charge in [-0.2, -0.15) is 4.31 Å². The monoisotopic (exact) mass is 295 g/mol. The molecule has 1 aromatic rings. The molecule has 2 rings (SSSR count). The fraction of sp³-hybridized carbons (Fsp3) is 0.533. The van der Waals surface area contributed by atoms with Gasteiger partial charge in [0.15, 0.2) is 5.78 Å². The molecular formula is C15H21NO3S. The number of nitrogens with zero attached hydrogens (tertiary/aromatic N) is 1. The van der Waals surface area contributed by atoms with E-state index in [9.17, 15) is 13.2 Å². The molecule has 0 aromatic heterocycles. The van der Waals surface area contributed by atoms with Crippen LogP contribution in [0.25, 0.3) is 0 Å². The molecule has 0 bridgehead atoms. The molecule has 0 unspecified atom stereocenters. The molecule has 1 saturated heterocycles. The largest absolute Gasteiger partial charge is 0.295 e. The first-order chi connectivity index (χ1) is 9.30. The molecule has 0 spiro atoms. The molecule has 0 aliphatic carbocycles. The Hall–Kier alpha value is -1.20. The third-order valence-corrected chi connectivity index (χ3v) is 5.58. The molecule has 1 aliphatic heterocycles. The van der Waals surface area contributed by atoms with E-state index in [2.05, 4.69) is 13.8 Å². The van der Waals surface area contributed by atoms with Crippen LogP contribution >= 0.6 is 0 Å². The molecular weight excluding hydrogens is 274 g/mol. The van der Waals surface area contributed by atoms with Gasteiger partial charge in [0, 0.05) is 18.7 Å². The zero-order valence-corrected chi connectivity index (χ0v) is 13.0. The Morgan fingerprint density at radius 2 is 1.60 bits per heavy atom. The Labute approximate surface area is 120 Å². The second kappa shape index (κ2) is 5.66. The van der Waals surface area contributed by atoms with Crippen molar-refractivity contribution in [1.82, 2.24) is 4.31 Å². The maximum Gasteiger partial charge on any atom is 0.243 e. The molecule has 0 radical (unpaired) electrons. The van der Waals surface area contributed by atoms with Gasteiger partial charge in [-0.25, -0.2) is 8.42 Å². The van der Waals surface area contributed by atoms with Crippen molar-refractivity contribution >= 4 is 15.8 Å². The van der Waals surface area contributed by atoms with Gasteiger partial charge in [-0.1, -0.05) is 26.0 Å². The molecule has 5 heteroatoms. The minimum Gasteiger partial charge on any atom is -0.295 e. The normalized spacial score (nSPS) is 24.6. The van der Waals surface area contributed by atoms with Crippen molar-refractivity contribution in [3.63, 3.8) is 0 Å². The molecule has 1 aromatic carbocycles. The van der Waals surface area contributed by atoms with Gasteiger partial charge in [-0.05, 0) is 37.3 Å². The number of ketones is 1. The number of hydrogen-bond acceptors (Lipinski definition) is 3. The van der Waals surface area contributed by atoms with E-state index in [0.717, 1.165) is 6.42 Å². The molecule has 2 atom stereocenters. The molecule has 110 valence electrons. The van der Waals surface area contributed by atoms with Crippen LogP contribution in [-0.4, -0.2) is 31.6 Å². The van der Waals surface area contributed by atoms with Crippen molar-refractivity contribution in [2.75, 3.05) is 13.1 Å². The Kier molecular flexibility index (Phi) is 4.30. The highest BCUT2D eigenvalue weighted by atomic mass is 32.2. The summed E-state index contributed by atoms with van der Waals surface area (Å²) in [6, 6.07) is 6.20. The Balaban J connectivity index is 2.27. The lowest BCUT2D eigenvalue weighted by Gasteiger charge is -2.34. The van der Waals surface area contributed by atoms with Crippen molar-refractivity contribution in [3.05, 3.63) is 29.8 Å². The minimum atomic E-state index is -3.45. The third-order valence-electron chi connectivity index (χ3n) is 3.73. The van der Waals surface area contributed by atoms with Gasteiger partial charge in [0.1, 0.15) is 0 Å². The fourth-order valence-electron chi connectivity index (χ4n) is 2.81. The highest BCUT2D eigenvalue weighted by Crippen LogP contribution is 2.26. The summed E-state index contributed by atoms with van der Waals surface area (Å²) in [6.45, 7) is 6.77. The van der Waals surface area contributed by atoms with Crippen LogP contribution < -0.4 is 0 Å². The van der Waals surface area contributed by atoms with Crippen molar-refractivity contribution in [2.24, 2.45) is 11.8 Å². The summed E-state index contributed by atoms with van der Waals surface area (Å²) >= 11 is 0. The van der Waals surface area contributed by atoms with Gasteiger partial charge in [0.2, 0.25) is 10.0 Å². The summed E-state index contributed by atoms with van der Waals surface area (Å²) < 4.78 is 26.8. The predicted octanol–water partition coefficient (Wildman–Crippen LogP) is 2.56. The smallest absolute Gasteiger partial charge is 0.243 e. The summed E-state index contributed by atoms with van der Waals surface area (Å²) in [7, 11) is -3.45. The quantitative estimate of drug-likeness (QED) is 0.805. The van der Waals surface area contributed by atoms with Crippen molar-refractivity contribution in [2.45, 2.75) is 32.1 Å². The Morgan fingerprint density at radius 1 is 1.10 bits per heavy atom. The second-order valence-corrected chi connectivity index (χ2v) is 7.79. The number of carbonyl (C=O) groups is 1. The van der Waals surface area contributed by atoms with Crippen molar-refractivity contribution < 1.29 is 13.2 Å². The van der Waals surface area contributed by atoms with Crippen LogP contribution in [0.3, 0.4) is 0 Å². The maximum atomic E-state index is 12.6. The number of Topliss-reactive ketones (excluding diaryl/α,β-unsaturated/α-hetero) is 1. The average molecular weight is 295 g/mol. The van der Waals surface area contributed by atoms with E-state index in [1.165, 1.54) is 19.1 Å². The first-order valence-corrected chi connectivity index (χ1v) is 8.36. The van der Waals surface area contributed by atoms with Gasteiger partial charge in [-0.15, -0.1) is 0 Å². The van der Waals surface area contributed by atoms with Crippen LogP contribution in [0.15, 0.2) is 29.2 Å². The van der Waals surface area contributed by atoms with Gasteiger partial charge < -0.3 is 0 Å². The molecule has 0 saturated carbocycles. The zero-order valence-electron chi connectivity index (χ0n) is 12.2. The summed E-state index contributed by atoms with van der Waals surface area (Å²) in [5.41, 5.74) is 0.532. The first-order valence-electron chi connectivity index (χ1n) is 6.92. The van der Waals surface area contributed by atoms with Crippen molar-refractivity contribution in [3.8, 4) is 0 Å². The molecule has 0 amide bonds. The van der Waals surface area contributed by atoms with Gasteiger partial charge in [-0.3, -0.25) is 4.79 Å². The molecule has 20 heavy (non-hydrogen) atoms. The Bertz CT molecular complexity index is 582. The van der Waals surface area contributed by atoms with Crippen LogP contribution in [-0.2, 0) is 10.0 Å². The van der Waals surface area contributed by atoms with E-state index in [4.69, 9.17) is 0 Å². The lowest BCUT2D eigenvalue weighted by atomic mass is 9.94. The third kappa shape index (κ3) is 3.10. The predicted molar refractivity (Wildman–Crippen MR) is 78.2 cm³/mol. The number of piperidine rings is 1. The van der Waals surface area contributed by atoms with Gasteiger partial charge >= 0.3 is 0 Å². The summed E-state index contributed by atoms with van der Waals surface area (Å²) in [5, 5.41) is 0. The standard InChI is InChI=1S/C15H21NO3S/c1-11-8-12(2)10-16(9-11)20(18,19)15-6-4-14(5-7-15)13(3)17/h4-7,11-12H,8-10H2,1-3H3/t11-,12-/m0/s1. The highest BCUT2D eigenvalue weighted by Gasteiger charge is 2.31. The lowest BCUT2D eigenvalue weighted by Crippen LogP contribution is -2.42. The number of hydrogen-bond donors (Lipinski definition) is 0. The summed E-state index contributed by atoms with van der Waals surface area (Å²) in [6.07, 6.45) is 1.06. The fourth-order valence-corrected chi connectivity index (χ4v) is 4.49. The van der Waals surface area contributed by atoms with Crippen LogP contribution in [0.2, 0.25) is 0 Å². The molecule has 1 heterocycles. The second-order valence-electron chi connectivity index (χ2n) is 5.85. The van der Waals surface area contributed by atoms with Crippen LogP contribution in [0.4, 0.5) is 0 Å². The molecule has 1 aliphatic rings. The van der Waals surface area contributed by atoms with E-state index in [-0.39, 0.29) is 10.7 Å². The first kappa shape index (κ1) is 15.2. The number of sulfonamides is 1. The van der Waals surface area contributed by atoms with Crippen molar-refractivity contribution in [1.29, 1.82) is 0 Å². The Morgan fingerprint density at radius 3 is 2.05 bits per heavy atom. The van der Waals surface area contributed by atoms with Crippen LogP contribution in [0, 0.1) is 11.8 Å². The number of benzene rings is 1. The molecule has 4 nitrogen and oxygen atoms in total. The van der Waals surface area contributed by atoms with E-state index in [1.807, 2.05) is 0 Å². The molecule has 1 fully saturated rings. The SMILES string of the molecule is CC(=O)c1ccc(S(=O)(=O)N2C[C@@H](C)C[C@H](C)C2)cc1. The topological polar surface area (TPSA) is 54.5 Å². The van der Waals surface area contributed by atoms with Crippen LogP contribution in [0.1, 0.15) is 37.6 Å². The van der Waals surface area contributed by atoms with E-state index < -0.39 is 10.0 Å². The van der Waals surface area contributed by atoms with E-state index in [0.29, 0.717) is 30.5 Å². The molecule has 0 N–H and O–H groups in total. The average Bonchev–Trinajstić information content (AvgIpc) is 2.37. The number of rotatable bonds is 3. The van der Waals surface area contributed by atoms with E-state index in [1.54, 1.807) is 16.4 Å². The summed E-state index contributed by atoms with van der Waals surface area (Å²) in [4.78, 5) is 11.5. The summed E-state index contributed by atoms with van der Waals surface area (Å²) in [5.74, 6) is 0.698. The lowest BCUT2D eigenvalue weighted by molar-refractivity contribution is 0.101. The highest BCUT2D eigenvalue weighted by molar-refractivity contribution is 7.89. The number of carbonyl (C=O) groups excluding carboxylic acids is 1. The van der Waals surface area contributed by atoms with Gasteiger partial charge in [0.25, 0.3) is 0 Å². The minimum absolute atomic E-state index is 0.0610. The van der Waals surface area contributed by atoms with Gasteiger partial charge in [0.05, 0.1) is 4.90 Å². The van der Waals surface area contributed by atoms with E-state index >= 15 is 0 Å². The maximum absolute atomic E-state index is 12.6. The van der Waals surface area contributed by atoms with Crippen LogP contribution in [0.5, 0.6) is 0 Å².